The van der Waals surface area contributed by atoms with Crippen molar-refractivity contribution in [2.75, 3.05) is 28.4 Å². The first-order valence-electron chi connectivity index (χ1n) is 8.81. The van der Waals surface area contributed by atoms with E-state index in [1.54, 1.807) is 49.6 Å². The van der Waals surface area contributed by atoms with E-state index in [0.717, 1.165) is 5.56 Å². The van der Waals surface area contributed by atoms with E-state index >= 15 is 0 Å². The van der Waals surface area contributed by atoms with E-state index in [-0.39, 0.29) is 5.78 Å². The topological polar surface area (TPSA) is 54.0 Å². The standard InChI is InChI=1S/C23H21ClO5/c1-26-17-11-7-15(8-12-17)21(25)18-13-19(27-2)22(28-3)23(29-4)20(18)14-5-9-16(24)10-6-14/h5-13H,1-4H3. The predicted octanol–water partition coefficient (Wildman–Crippen LogP) is 5.27. The second-order valence-electron chi connectivity index (χ2n) is 6.13. The summed E-state index contributed by atoms with van der Waals surface area (Å²) in [6.07, 6.45) is 0. The molecule has 6 heteroatoms. The maximum absolute atomic E-state index is 13.4. The maximum atomic E-state index is 13.4. The Bertz CT molecular complexity index is 1010. The molecular formula is C23H21ClO5. The Balaban J connectivity index is 2.28. The zero-order valence-electron chi connectivity index (χ0n) is 16.6. The Morgan fingerprint density at radius 3 is 1.90 bits per heavy atom. The zero-order valence-corrected chi connectivity index (χ0v) is 17.4. The van der Waals surface area contributed by atoms with Crippen LogP contribution in [0.5, 0.6) is 23.0 Å². The van der Waals surface area contributed by atoms with E-state index in [0.29, 0.717) is 44.7 Å². The molecule has 150 valence electrons. The third-order valence-corrected chi connectivity index (χ3v) is 4.81. The van der Waals surface area contributed by atoms with Crippen LogP contribution < -0.4 is 18.9 Å². The SMILES string of the molecule is COc1ccc(C(=O)c2cc(OC)c(OC)c(OC)c2-c2ccc(Cl)cc2)cc1. The molecule has 0 fully saturated rings. The van der Waals surface area contributed by atoms with Gasteiger partial charge in [0.25, 0.3) is 0 Å². The average molecular weight is 413 g/mol. The molecule has 0 aliphatic rings. The first kappa shape index (κ1) is 20.6. The van der Waals surface area contributed by atoms with Gasteiger partial charge >= 0.3 is 0 Å². The normalized spacial score (nSPS) is 10.4. The molecule has 0 aromatic heterocycles. The summed E-state index contributed by atoms with van der Waals surface area (Å²) in [5.74, 6) is 1.71. The summed E-state index contributed by atoms with van der Waals surface area (Å²) in [4.78, 5) is 13.4. The molecule has 0 aliphatic heterocycles. The van der Waals surface area contributed by atoms with Crippen LogP contribution in [0, 0.1) is 0 Å². The van der Waals surface area contributed by atoms with Gasteiger partial charge in [-0.3, -0.25) is 4.79 Å². The highest BCUT2D eigenvalue weighted by atomic mass is 35.5. The van der Waals surface area contributed by atoms with Gasteiger partial charge in [0.2, 0.25) is 5.75 Å². The molecule has 0 atom stereocenters. The van der Waals surface area contributed by atoms with Crippen LogP contribution in [-0.2, 0) is 0 Å². The molecule has 0 saturated carbocycles. The highest BCUT2D eigenvalue weighted by Crippen LogP contribution is 2.47. The molecule has 3 aromatic carbocycles. The van der Waals surface area contributed by atoms with Crippen molar-refractivity contribution in [3.05, 3.63) is 70.7 Å². The number of hydrogen-bond acceptors (Lipinski definition) is 5. The monoisotopic (exact) mass is 412 g/mol. The van der Waals surface area contributed by atoms with Gasteiger partial charge in [0.05, 0.1) is 28.4 Å². The molecule has 0 aliphatic carbocycles. The van der Waals surface area contributed by atoms with E-state index in [9.17, 15) is 4.79 Å². The molecule has 29 heavy (non-hydrogen) atoms. The van der Waals surface area contributed by atoms with Gasteiger partial charge in [0.1, 0.15) is 5.75 Å². The summed E-state index contributed by atoms with van der Waals surface area (Å²) in [6, 6.07) is 15.8. The lowest BCUT2D eigenvalue weighted by Crippen LogP contribution is -2.07. The number of carbonyl (C=O) groups excluding carboxylic acids is 1. The maximum Gasteiger partial charge on any atom is 0.203 e. The summed E-state index contributed by atoms with van der Waals surface area (Å²) in [5.41, 5.74) is 2.30. The van der Waals surface area contributed by atoms with Crippen molar-refractivity contribution in [3.63, 3.8) is 0 Å². The van der Waals surface area contributed by atoms with E-state index in [1.165, 1.54) is 21.3 Å². The number of hydrogen-bond donors (Lipinski definition) is 0. The Labute approximate surface area is 174 Å². The van der Waals surface area contributed by atoms with Gasteiger partial charge < -0.3 is 18.9 Å². The molecule has 3 rings (SSSR count). The van der Waals surface area contributed by atoms with E-state index in [2.05, 4.69) is 0 Å². The van der Waals surface area contributed by atoms with Crippen molar-refractivity contribution in [3.8, 4) is 34.1 Å². The molecule has 0 radical (unpaired) electrons. The summed E-state index contributed by atoms with van der Waals surface area (Å²) in [5, 5.41) is 0.594. The third-order valence-electron chi connectivity index (χ3n) is 4.56. The summed E-state index contributed by atoms with van der Waals surface area (Å²) >= 11 is 6.05. The second-order valence-corrected chi connectivity index (χ2v) is 6.57. The Morgan fingerprint density at radius 1 is 0.759 bits per heavy atom. The quantitative estimate of drug-likeness (QED) is 0.494. The summed E-state index contributed by atoms with van der Waals surface area (Å²) in [7, 11) is 6.14. The highest BCUT2D eigenvalue weighted by Gasteiger charge is 2.26. The summed E-state index contributed by atoms with van der Waals surface area (Å²) < 4.78 is 21.8. The van der Waals surface area contributed by atoms with Gasteiger partial charge in [-0.15, -0.1) is 0 Å². The fraction of sp³-hybridized carbons (Fsp3) is 0.174. The minimum absolute atomic E-state index is 0.183. The van der Waals surface area contributed by atoms with Crippen LogP contribution in [0.2, 0.25) is 5.02 Å². The van der Waals surface area contributed by atoms with Crippen LogP contribution in [0.25, 0.3) is 11.1 Å². The van der Waals surface area contributed by atoms with E-state index < -0.39 is 0 Å². The fourth-order valence-electron chi connectivity index (χ4n) is 3.14. The zero-order chi connectivity index (χ0) is 21.0. The van der Waals surface area contributed by atoms with Crippen molar-refractivity contribution in [2.45, 2.75) is 0 Å². The first-order valence-corrected chi connectivity index (χ1v) is 9.19. The first-order chi connectivity index (χ1) is 14.0. The van der Waals surface area contributed by atoms with Gasteiger partial charge in [-0.25, -0.2) is 0 Å². The van der Waals surface area contributed by atoms with Gasteiger partial charge in [-0.1, -0.05) is 23.7 Å². The summed E-state index contributed by atoms with van der Waals surface area (Å²) in [6.45, 7) is 0. The number of benzene rings is 3. The molecule has 0 saturated heterocycles. The fourth-order valence-corrected chi connectivity index (χ4v) is 3.26. The Kier molecular flexibility index (Phi) is 6.29. The number of ether oxygens (including phenoxy) is 4. The van der Waals surface area contributed by atoms with Crippen LogP contribution in [0.15, 0.2) is 54.6 Å². The van der Waals surface area contributed by atoms with Gasteiger partial charge in [0, 0.05) is 21.7 Å². The van der Waals surface area contributed by atoms with Crippen LogP contribution in [0.1, 0.15) is 15.9 Å². The molecule has 0 N–H and O–H groups in total. The average Bonchev–Trinajstić information content (AvgIpc) is 2.77. The molecular weight excluding hydrogens is 392 g/mol. The largest absolute Gasteiger partial charge is 0.497 e. The second kappa shape index (κ2) is 8.88. The van der Waals surface area contributed by atoms with Crippen LogP contribution in [-0.4, -0.2) is 34.2 Å². The Morgan fingerprint density at radius 2 is 1.38 bits per heavy atom. The molecule has 3 aromatic rings. The number of halogens is 1. The van der Waals surface area contributed by atoms with Crippen LogP contribution >= 0.6 is 11.6 Å². The van der Waals surface area contributed by atoms with Gasteiger partial charge in [0.15, 0.2) is 17.3 Å². The van der Waals surface area contributed by atoms with Crippen molar-refractivity contribution in [2.24, 2.45) is 0 Å². The molecule has 0 spiro atoms. The van der Waals surface area contributed by atoms with E-state index in [4.69, 9.17) is 30.5 Å². The van der Waals surface area contributed by atoms with Crippen molar-refractivity contribution in [1.29, 1.82) is 0 Å². The smallest absolute Gasteiger partial charge is 0.203 e. The molecule has 0 unspecified atom stereocenters. The lowest BCUT2D eigenvalue weighted by molar-refractivity contribution is 0.103. The molecule has 0 bridgehead atoms. The lowest BCUT2D eigenvalue weighted by Gasteiger charge is -2.19. The van der Waals surface area contributed by atoms with Crippen molar-refractivity contribution >= 4 is 17.4 Å². The van der Waals surface area contributed by atoms with Gasteiger partial charge in [-0.2, -0.15) is 0 Å². The molecule has 0 heterocycles. The number of ketones is 1. The molecule has 0 amide bonds. The third kappa shape index (κ3) is 4.00. The lowest BCUT2D eigenvalue weighted by atomic mass is 9.92. The predicted molar refractivity (Wildman–Crippen MR) is 113 cm³/mol. The van der Waals surface area contributed by atoms with Crippen LogP contribution in [0.3, 0.4) is 0 Å². The Hall–Kier alpha value is -3.18. The molecule has 5 nitrogen and oxygen atoms in total. The minimum atomic E-state index is -0.183. The number of carbonyl (C=O) groups is 1. The van der Waals surface area contributed by atoms with Crippen LogP contribution in [0.4, 0.5) is 0 Å². The van der Waals surface area contributed by atoms with Crippen molar-refractivity contribution in [1.82, 2.24) is 0 Å². The van der Waals surface area contributed by atoms with E-state index in [1.807, 2.05) is 12.1 Å². The number of rotatable bonds is 7. The highest BCUT2D eigenvalue weighted by molar-refractivity contribution is 6.30. The van der Waals surface area contributed by atoms with Gasteiger partial charge in [-0.05, 0) is 48.0 Å². The minimum Gasteiger partial charge on any atom is -0.497 e. The van der Waals surface area contributed by atoms with Crippen molar-refractivity contribution < 1.29 is 23.7 Å². The number of methoxy groups -OCH3 is 4.